The third-order valence-corrected chi connectivity index (χ3v) is 11.9. The Morgan fingerprint density at radius 1 is 0.576 bits per heavy atom. The molecule has 26 heteroatoms. The van der Waals surface area contributed by atoms with Crippen molar-refractivity contribution >= 4 is 6.08 Å². The van der Waals surface area contributed by atoms with Gasteiger partial charge in [-0.1, -0.05) is 0 Å². The maximum Gasteiger partial charge on any atom is 0.270 e. The van der Waals surface area contributed by atoms with Crippen LogP contribution >= 0.6 is 0 Å². The van der Waals surface area contributed by atoms with Crippen molar-refractivity contribution in [1.82, 2.24) is 0 Å². The lowest BCUT2D eigenvalue weighted by Crippen LogP contribution is -2.65. The molecule has 4 saturated heterocycles. The number of methoxy groups -OCH3 is 1. The monoisotopic (exact) mass is 951 g/mol. The molecule has 7 rings (SSSR count). The zero-order valence-corrected chi connectivity index (χ0v) is 34.9. The Labute approximate surface area is 373 Å². The van der Waals surface area contributed by atoms with Crippen molar-refractivity contribution in [1.29, 1.82) is 0 Å². The molecule has 370 valence electrons. The highest BCUT2D eigenvalue weighted by Crippen LogP contribution is 2.49. The molecule has 0 bridgehead atoms. The van der Waals surface area contributed by atoms with Gasteiger partial charge in [-0.15, -0.1) is 0 Å². The van der Waals surface area contributed by atoms with Crippen LogP contribution in [0, 0.1) is 0 Å². The lowest BCUT2D eigenvalue weighted by molar-refractivity contribution is -0.369. The first-order valence-electron chi connectivity index (χ1n) is 20.6. The molecule has 1 unspecified atom stereocenters. The van der Waals surface area contributed by atoms with E-state index in [1.165, 1.54) is 32.2 Å². The van der Waals surface area contributed by atoms with Crippen molar-refractivity contribution in [3.05, 3.63) is 41.2 Å². The largest absolute Gasteiger partial charge is 0.571 e. The van der Waals surface area contributed by atoms with Crippen molar-refractivity contribution in [3.63, 3.8) is 0 Å². The zero-order valence-electron chi connectivity index (χ0n) is 34.9. The molecule has 2 aromatic carbocycles. The Morgan fingerprint density at radius 2 is 1.14 bits per heavy atom. The van der Waals surface area contributed by atoms with Gasteiger partial charge in [0.05, 0.1) is 44.7 Å². The standard InChI is InChI=1S/C40H54O26/c1-11-23(45)28(50)32(54)37(59-11)58-10-22-27(49)31(53)36(66-39-34(56)30(52)26(48)21(9-42)64-39)40(65-22)62-19-7-14-15(44)5-13(43)6-16(14)60-35(19)12-3-17(57-2)24(46)18(4-12)61-38-33(55)29(51)25(47)20(8-41)63-38/h3-7,11,20-23,25-56H,8-10H2,1-2H3/p+1/t11-,20-,21+,22-,23+,25-,26-,27-,28+,29+,30+,31-,32-,33-,34-,35?,36+,37-,38-,39+,40-/m1/s1. The number of fused-ring (bicyclic) bond motifs is 1. The number of aliphatic hydroxyl groups excluding tert-OH is 13. The van der Waals surface area contributed by atoms with E-state index in [4.69, 9.17) is 42.6 Å². The predicted octanol–water partition coefficient (Wildman–Crippen LogP) is -6.18. The van der Waals surface area contributed by atoms with Gasteiger partial charge in [0.15, 0.2) is 35.9 Å². The average molecular weight is 952 g/mol. The van der Waals surface area contributed by atoms with Gasteiger partial charge in [0.25, 0.3) is 11.9 Å². The Balaban J connectivity index is 1.26. The summed E-state index contributed by atoms with van der Waals surface area (Å²) in [6.45, 7) is -1.01. The van der Waals surface area contributed by atoms with E-state index >= 15 is 0 Å². The zero-order chi connectivity index (χ0) is 48.0. The highest BCUT2D eigenvalue weighted by molar-refractivity contribution is 5.69. The minimum atomic E-state index is -2.09. The highest BCUT2D eigenvalue weighted by atomic mass is 16.8. The lowest BCUT2D eigenvalue weighted by atomic mass is 9.96. The fourth-order valence-corrected chi connectivity index (χ4v) is 8.01. The van der Waals surface area contributed by atoms with E-state index in [1.54, 1.807) is 0 Å². The van der Waals surface area contributed by atoms with Crippen LogP contribution in [0.5, 0.6) is 34.5 Å². The third kappa shape index (κ3) is 9.67. The van der Waals surface area contributed by atoms with Crippen molar-refractivity contribution in [2.45, 2.75) is 136 Å². The number of ether oxygens (including phenoxy) is 10. The minimum absolute atomic E-state index is 0.00458. The van der Waals surface area contributed by atoms with Crippen LogP contribution in [0.3, 0.4) is 0 Å². The Bertz CT molecular complexity index is 2000. The summed E-state index contributed by atoms with van der Waals surface area (Å²) in [5.74, 6) is -2.74. The molecule has 0 spiro atoms. The van der Waals surface area contributed by atoms with Crippen LogP contribution in [0.25, 0.3) is 6.08 Å². The predicted molar refractivity (Wildman–Crippen MR) is 210 cm³/mol. The summed E-state index contributed by atoms with van der Waals surface area (Å²) in [5, 5.41) is 169. The first-order valence-corrected chi connectivity index (χ1v) is 20.6. The van der Waals surface area contributed by atoms with E-state index < -0.39 is 172 Å². The fraction of sp³-hybridized carbons (Fsp3) is 0.650. The number of benzene rings is 2. The van der Waals surface area contributed by atoms with Gasteiger partial charge in [0.2, 0.25) is 18.3 Å². The SMILES string of the molecule is COc1cc(C2[OH+]c3cc(O)cc(O)c3C=C2O[C@@H]2O[C@H](CO[C@@H]3O[C@H](C)[C@H](O)[C@H](O)[C@H]3O)[C@@H](O)[C@@H](O)[C@@H]2O[C@@H]2O[C@@H](CO)[C@@H](O)[C@H](O)[C@H]2O)cc(O[C@@H]2O[C@H](CO)[C@@H](O)[C@H](O)[C@H]2O)c1O. The summed E-state index contributed by atoms with van der Waals surface area (Å²) in [4.78, 5) is 0. The van der Waals surface area contributed by atoms with Gasteiger partial charge < -0.3 is 129 Å². The molecule has 21 atom stereocenters. The first-order chi connectivity index (χ1) is 31.3. The molecule has 17 N–H and O–H groups in total. The van der Waals surface area contributed by atoms with Gasteiger partial charge in [-0.2, -0.15) is 0 Å². The molecule has 5 aliphatic rings. The Morgan fingerprint density at radius 3 is 1.77 bits per heavy atom. The molecule has 66 heavy (non-hydrogen) atoms. The Kier molecular flexibility index (Phi) is 15.4. The molecule has 5 heterocycles. The van der Waals surface area contributed by atoms with Gasteiger partial charge in [0.1, 0.15) is 103 Å². The van der Waals surface area contributed by atoms with E-state index in [1.807, 2.05) is 0 Å². The van der Waals surface area contributed by atoms with E-state index in [9.17, 15) is 81.7 Å². The summed E-state index contributed by atoms with van der Waals surface area (Å²) in [5.41, 5.74) is -0.0477. The maximum atomic E-state index is 11.7. The molecule has 0 aliphatic carbocycles. The summed E-state index contributed by atoms with van der Waals surface area (Å²) in [6, 6.07) is 4.55. The van der Waals surface area contributed by atoms with Crippen molar-refractivity contribution in [2.24, 2.45) is 0 Å². The average Bonchev–Trinajstić information content (AvgIpc) is 3.29. The van der Waals surface area contributed by atoms with Crippen LogP contribution in [-0.4, -0.2) is 236 Å². The third-order valence-electron chi connectivity index (χ3n) is 11.9. The second-order valence-electron chi connectivity index (χ2n) is 16.3. The smallest absolute Gasteiger partial charge is 0.270 e. The van der Waals surface area contributed by atoms with Crippen LogP contribution in [0.15, 0.2) is 30.0 Å². The summed E-state index contributed by atoms with van der Waals surface area (Å²) >= 11 is 0. The van der Waals surface area contributed by atoms with Crippen molar-refractivity contribution in [3.8, 4) is 34.5 Å². The second-order valence-corrected chi connectivity index (χ2v) is 16.3. The normalized spacial score (nSPS) is 41.6. The quantitative estimate of drug-likeness (QED) is 0.0831. The summed E-state index contributed by atoms with van der Waals surface area (Å²) < 4.78 is 56.3. The summed E-state index contributed by atoms with van der Waals surface area (Å²) in [6.07, 6.45) is -35.5. The number of aliphatic hydroxyl groups is 14. The van der Waals surface area contributed by atoms with Crippen LogP contribution < -0.4 is 9.47 Å². The highest BCUT2D eigenvalue weighted by Gasteiger charge is 2.53. The molecule has 26 nitrogen and oxygen atoms in total. The van der Waals surface area contributed by atoms with E-state index in [2.05, 4.69) is 4.74 Å². The molecule has 0 amide bonds. The Hall–Kier alpha value is -3.98. The molecule has 4 fully saturated rings. The molecule has 0 aromatic heterocycles. The van der Waals surface area contributed by atoms with Gasteiger partial charge in [-0.3, -0.25) is 0 Å². The second kappa shape index (κ2) is 20.3. The number of phenolic OH excluding ortho intramolecular Hbond substituents is 3. The first kappa shape index (κ1) is 49.9. The molecular weight excluding hydrogens is 896 g/mol. The maximum absolute atomic E-state index is 11.7. The molecular formula is C40H55O26+. The van der Waals surface area contributed by atoms with Gasteiger partial charge in [0, 0.05) is 12.1 Å². The molecule has 0 radical (unpaired) electrons. The van der Waals surface area contributed by atoms with E-state index in [-0.39, 0.29) is 28.4 Å². The number of rotatable bonds is 13. The van der Waals surface area contributed by atoms with Gasteiger partial charge >= 0.3 is 0 Å². The number of hydrogen-bond acceptors (Lipinski definition) is 25. The lowest BCUT2D eigenvalue weighted by Gasteiger charge is -2.46. The molecule has 2 aromatic rings. The van der Waals surface area contributed by atoms with Crippen LogP contribution in [0.2, 0.25) is 0 Å². The molecule has 5 aliphatic heterocycles. The number of phenols is 3. The number of aromatic hydroxyl groups is 4. The van der Waals surface area contributed by atoms with Crippen LogP contribution in [0.1, 0.15) is 24.2 Å². The minimum Gasteiger partial charge on any atom is -0.571 e. The summed E-state index contributed by atoms with van der Waals surface area (Å²) in [7, 11) is 1.17. The van der Waals surface area contributed by atoms with Gasteiger partial charge in [-0.25, -0.2) is 0 Å². The topological polar surface area (TPSA) is 420 Å². The van der Waals surface area contributed by atoms with Crippen LogP contribution in [0.4, 0.5) is 0 Å². The van der Waals surface area contributed by atoms with Gasteiger partial charge in [-0.05, 0) is 19.1 Å². The fourth-order valence-electron chi connectivity index (χ4n) is 8.01. The van der Waals surface area contributed by atoms with Crippen LogP contribution in [-0.2, 0) is 33.2 Å². The van der Waals surface area contributed by atoms with Crippen molar-refractivity contribution < 1.29 is 129 Å². The number of hydrogen-bond donors (Lipinski definition) is 16. The van der Waals surface area contributed by atoms with E-state index in [0.29, 0.717) is 0 Å². The molecule has 0 saturated carbocycles. The van der Waals surface area contributed by atoms with Crippen molar-refractivity contribution in [2.75, 3.05) is 26.9 Å². The van der Waals surface area contributed by atoms with E-state index in [0.717, 1.165) is 12.1 Å².